The van der Waals surface area contributed by atoms with Gasteiger partial charge in [-0.1, -0.05) is 18.2 Å². The summed E-state index contributed by atoms with van der Waals surface area (Å²) in [5, 5.41) is 7.48. The van der Waals surface area contributed by atoms with E-state index in [1.54, 1.807) is 6.33 Å². The Balaban J connectivity index is 2.06. The molecule has 4 nitrogen and oxygen atoms in total. The Bertz CT molecular complexity index is 545. The van der Waals surface area contributed by atoms with Gasteiger partial charge in [0.15, 0.2) is 0 Å². The molecule has 1 heterocycles. The molecule has 0 aliphatic rings. The summed E-state index contributed by atoms with van der Waals surface area (Å²) >= 11 is 0. The average Bonchev–Trinajstić information content (AvgIpc) is 2.78. The molecule has 0 saturated heterocycles. The first-order valence-corrected chi connectivity index (χ1v) is 6.66. The number of aromatic nitrogens is 3. The molecule has 0 spiro atoms. The van der Waals surface area contributed by atoms with E-state index in [1.807, 2.05) is 18.8 Å². The molecule has 0 aliphatic carbocycles. The molecule has 4 heteroatoms. The Morgan fingerprint density at radius 2 is 2.00 bits per heavy atom. The zero-order chi connectivity index (χ0) is 13.8. The van der Waals surface area contributed by atoms with Crippen molar-refractivity contribution in [2.75, 3.05) is 7.05 Å². The summed E-state index contributed by atoms with van der Waals surface area (Å²) in [4.78, 5) is 4.29. The molecule has 0 saturated carbocycles. The zero-order valence-corrected chi connectivity index (χ0v) is 12.1. The van der Waals surface area contributed by atoms with Gasteiger partial charge in [0.25, 0.3) is 0 Å². The highest BCUT2D eigenvalue weighted by atomic mass is 15.3. The highest BCUT2D eigenvalue weighted by molar-refractivity contribution is 5.30. The monoisotopic (exact) mass is 258 g/mol. The Kier molecular flexibility index (Phi) is 4.32. The third-order valence-electron chi connectivity index (χ3n) is 3.70. The van der Waals surface area contributed by atoms with Gasteiger partial charge in [-0.05, 0) is 44.0 Å². The van der Waals surface area contributed by atoms with E-state index < -0.39 is 0 Å². The number of nitrogens with one attached hydrogen (secondary N) is 1. The van der Waals surface area contributed by atoms with Crippen LogP contribution in [-0.4, -0.2) is 27.9 Å². The molecule has 1 N–H and O–H groups in total. The van der Waals surface area contributed by atoms with E-state index in [4.69, 9.17) is 0 Å². The molecule has 0 radical (unpaired) electrons. The van der Waals surface area contributed by atoms with E-state index in [1.165, 1.54) is 16.7 Å². The maximum absolute atomic E-state index is 4.29. The van der Waals surface area contributed by atoms with Crippen LogP contribution in [0.5, 0.6) is 0 Å². The number of hydrogen-bond acceptors (Lipinski definition) is 3. The van der Waals surface area contributed by atoms with Crippen molar-refractivity contribution in [1.82, 2.24) is 20.1 Å². The minimum atomic E-state index is 0.380. The van der Waals surface area contributed by atoms with Crippen molar-refractivity contribution in [1.29, 1.82) is 0 Å². The summed E-state index contributed by atoms with van der Waals surface area (Å²) in [6.07, 6.45) is 3.50. The first-order chi connectivity index (χ1) is 9.10. The molecule has 0 amide bonds. The van der Waals surface area contributed by atoms with Gasteiger partial charge < -0.3 is 5.32 Å². The fourth-order valence-electron chi connectivity index (χ4n) is 2.22. The minimum Gasteiger partial charge on any atom is -0.316 e. The second kappa shape index (κ2) is 5.97. The van der Waals surface area contributed by atoms with Gasteiger partial charge in [-0.2, -0.15) is 5.10 Å². The van der Waals surface area contributed by atoms with Crippen LogP contribution in [0.15, 0.2) is 24.5 Å². The molecule has 0 fully saturated rings. The van der Waals surface area contributed by atoms with Crippen LogP contribution >= 0.6 is 0 Å². The lowest BCUT2D eigenvalue weighted by molar-refractivity contribution is 0.526. The number of aryl methyl sites for hydroxylation is 3. The fourth-order valence-corrected chi connectivity index (χ4v) is 2.22. The van der Waals surface area contributed by atoms with Crippen molar-refractivity contribution in [3.05, 3.63) is 47.0 Å². The smallest absolute Gasteiger partial charge is 0.138 e. The third kappa shape index (κ3) is 3.41. The largest absolute Gasteiger partial charge is 0.316 e. The van der Waals surface area contributed by atoms with Crippen molar-refractivity contribution >= 4 is 0 Å². The van der Waals surface area contributed by atoms with Gasteiger partial charge in [0, 0.05) is 19.5 Å². The molecule has 1 aromatic carbocycles. The molecule has 2 rings (SSSR count). The van der Waals surface area contributed by atoms with Crippen LogP contribution in [0.3, 0.4) is 0 Å². The Morgan fingerprint density at radius 1 is 1.21 bits per heavy atom. The summed E-state index contributed by atoms with van der Waals surface area (Å²) in [6, 6.07) is 7.06. The van der Waals surface area contributed by atoms with Gasteiger partial charge in [0.1, 0.15) is 12.2 Å². The van der Waals surface area contributed by atoms with Gasteiger partial charge in [-0.15, -0.1) is 0 Å². The van der Waals surface area contributed by atoms with E-state index >= 15 is 0 Å². The van der Waals surface area contributed by atoms with Crippen molar-refractivity contribution in [3.8, 4) is 0 Å². The summed E-state index contributed by atoms with van der Waals surface area (Å²) in [7, 11) is 3.94. The topological polar surface area (TPSA) is 42.7 Å². The maximum atomic E-state index is 4.29. The lowest BCUT2D eigenvalue weighted by Crippen LogP contribution is -2.31. The number of nitrogens with zero attached hydrogens (tertiary/aromatic N) is 3. The van der Waals surface area contributed by atoms with Crippen molar-refractivity contribution in [2.45, 2.75) is 32.7 Å². The second-order valence-electron chi connectivity index (χ2n) is 5.11. The summed E-state index contributed by atoms with van der Waals surface area (Å²) in [5.41, 5.74) is 4.06. The lowest BCUT2D eigenvalue weighted by Gasteiger charge is -2.16. The number of rotatable bonds is 5. The molecule has 2 aromatic rings. The number of hydrogen-bond donors (Lipinski definition) is 1. The van der Waals surface area contributed by atoms with Crippen molar-refractivity contribution in [3.63, 3.8) is 0 Å². The van der Waals surface area contributed by atoms with Gasteiger partial charge in [0.05, 0.1) is 0 Å². The molecule has 102 valence electrons. The molecule has 1 aromatic heterocycles. The van der Waals surface area contributed by atoms with E-state index in [2.05, 4.69) is 47.4 Å². The van der Waals surface area contributed by atoms with Gasteiger partial charge in [0.2, 0.25) is 0 Å². The summed E-state index contributed by atoms with van der Waals surface area (Å²) in [6.45, 7) is 4.31. The molecular weight excluding hydrogens is 236 g/mol. The predicted octanol–water partition coefficient (Wildman–Crippen LogP) is 1.81. The molecular formula is C15H22N4. The zero-order valence-electron chi connectivity index (χ0n) is 12.1. The van der Waals surface area contributed by atoms with Gasteiger partial charge >= 0.3 is 0 Å². The highest BCUT2D eigenvalue weighted by Gasteiger charge is 2.12. The molecule has 19 heavy (non-hydrogen) atoms. The Morgan fingerprint density at radius 3 is 2.58 bits per heavy atom. The Hall–Kier alpha value is -1.68. The van der Waals surface area contributed by atoms with Crippen molar-refractivity contribution in [2.24, 2.45) is 7.05 Å². The normalized spacial score (nSPS) is 12.6. The third-order valence-corrected chi connectivity index (χ3v) is 3.70. The Labute approximate surface area is 114 Å². The van der Waals surface area contributed by atoms with Crippen LogP contribution in [0.4, 0.5) is 0 Å². The lowest BCUT2D eigenvalue weighted by atomic mass is 9.99. The maximum Gasteiger partial charge on any atom is 0.138 e. The molecule has 1 atom stereocenters. The SMILES string of the molecule is CNC(Cc1ccc(C)c(C)c1)Cc1ncnn1C. The van der Waals surface area contributed by atoms with Gasteiger partial charge in [-0.25, -0.2) is 4.98 Å². The molecule has 1 unspecified atom stereocenters. The van der Waals surface area contributed by atoms with E-state index in [0.717, 1.165) is 18.7 Å². The van der Waals surface area contributed by atoms with E-state index in [-0.39, 0.29) is 0 Å². The summed E-state index contributed by atoms with van der Waals surface area (Å²) in [5.74, 6) is 1.02. The van der Waals surface area contributed by atoms with Crippen LogP contribution in [0.2, 0.25) is 0 Å². The van der Waals surface area contributed by atoms with Crippen LogP contribution in [0.1, 0.15) is 22.5 Å². The van der Waals surface area contributed by atoms with Crippen LogP contribution in [-0.2, 0) is 19.9 Å². The first kappa shape index (κ1) is 13.7. The molecule has 0 bridgehead atoms. The number of benzene rings is 1. The van der Waals surface area contributed by atoms with Gasteiger partial charge in [-0.3, -0.25) is 4.68 Å². The summed E-state index contributed by atoms with van der Waals surface area (Å²) < 4.78 is 1.84. The van der Waals surface area contributed by atoms with Crippen LogP contribution in [0.25, 0.3) is 0 Å². The highest BCUT2D eigenvalue weighted by Crippen LogP contribution is 2.13. The predicted molar refractivity (Wildman–Crippen MR) is 77.2 cm³/mol. The van der Waals surface area contributed by atoms with E-state index in [9.17, 15) is 0 Å². The van der Waals surface area contributed by atoms with Crippen LogP contribution in [0, 0.1) is 13.8 Å². The van der Waals surface area contributed by atoms with Crippen molar-refractivity contribution < 1.29 is 0 Å². The average molecular weight is 258 g/mol. The van der Waals surface area contributed by atoms with Crippen LogP contribution < -0.4 is 5.32 Å². The van der Waals surface area contributed by atoms with E-state index in [0.29, 0.717) is 6.04 Å². The minimum absolute atomic E-state index is 0.380. The standard InChI is InChI=1S/C15H22N4/c1-11-5-6-13(7-12(11)2)8-14(16-3)9-15-17-10-18-19(15)4/h5-7,10,14,16H,8-9H2,1-4H3. The quantitative estimate of drug-likeness (QED) is 0.889. The second-order valence-corrected chi connectivity index (χ2v) is 5.11. The first-order valence-electron chi connectivity index (χ1n) is 6.66. The fraction of sp³-hybridized carbons (Fsp3) is 0.467. The molecule has 0 aliphatic heterocycles. The number of likely N-dealkylation sites (N-methyl/N-ethyl adjacent to an activating group) is 1.